The van der Waals surface area contributed by atoms with Gasteiger partial charge in [-0.15, -0.1) is 0 Å². The molecule has 0 aromatic carbocycles. The van der Waals surface area contributed by atoms with Gasteiger partial charge in [-0.25, -0.2) is 0 Å². The third-order valence-electron chi connectivity index (χ3n) is 9.18. The molecule has 4 aliphatic carbocycles. The maximum atomic E-state index is 10.2. The van der Waals surface area contributed by atoms with Crippen LogP contribution in [0.3, 0.4) is 0 Å². The Morgan fingerprint density at radius 1 is 0.962 bits per heavy atom. The van der Waals surface area contributed by atoms with Crippen molar-refractivity contribution in [3.63, 3.8) is 0 Å². The monoisotopic (exact) mass is 366 g/mol. The lowest BCUT2D eigenvalue weighted by Crippen LogP contribution is -2.54. The molecule has 0 radical (unpaired) electrons. The van der Waals surface area contributed by atoms with E-state index in [1.807, 2.05) is 0 Å². The number of hydrogen-bond donors (Lipinski definition) is 2. The normalized spacial score (nSPS) is 52.0. The van der Waals surface area contributed by atoms with Crippen LogP contribution in [-0.4, -0.2) is 42.4 Å². The SMILES string of the molecule is COCC(O)OC1CCC2C3CCC4CC(O)CCC4(C)C3CCC12C. The Kier molecular flexibility index (Phi) is 5.18. The zero-order valence-electron chi connectivity index (χ0n) is 16.8. The van der Waals surface area contributed by atoms with Crippen molar-refractivity contribution in [3.05, 3.63) is 0 Å². The van der Waals surface area contributed by atoms with Crippen LogP contribution in [0, 0.1) is 34.5 Å². The first-order valence-electron chi connectivity index (χ1n) is 10.9. The highest BCUT2D eigenvalue weighted by atomic mass is 16.6. The molecule has 4 aliphatic rings. The molecule has 0 aliphatic heterocycles. The average Bonchev–Trinajstić information content (AvgIpc) is 2.92. The minimum atomic E-state index is -0.800. The van der Waals surface area contributed by atoms with Crippen molar-refractivity contribution in [2.45, 2.75) is 90.1 Å². The van der Waals surface area contributed by atoms with Gasteiger partial charge in [0, 0.05) is 7.11 Å². The van der Waals surface area contributed by atoms with Crippen LogP contribution >= 0.6 is 0 Å². The Morgan fingerprint density at radius 2 is 1.69 bits per heavy atom. The highest BCUT2D eigenvalue weighted by Crippen LogP contribution is 2.66. The third kappa shape index (κ3) is 2.96. The van der Waals surface area contributed by atoms with E-state index in [4.69, 9.17) is 9.47 Å². The fourth-order valence-corrected chi connectivity index (χ4v) is 7.78. The van der Waals surface area contributed by atoms with Gasteiger partial charge in [-0.05, 0) is 92.3 Å². The summed E-state index contributed by atoms with van der Waals surface area (Å²) in [5.74, 6) is 3.06. The molecule has 2 N–H and O–H groups in total. The highest BCUT2D eigenvalue weighted by Gasteiger charge is 2.60. The fourth-order valence-electron chi connectivity index (χ4n) is 7.78. The molecular formula is C22H38O4. The van der Waals surface area contributed by atoms with E-state index < -0.39 is 6.29 Å². The standard InChI is InChI=1S/C22H38O4/c1-21-10-8-15(23)12-14(21)4-5-16-17-6-7-19(26-20(24)13-25-3)22(17,2)11-9-18(16)21/h14-20,23-24H,4-13H2,1-3H3. The van der Waals surface area contributed by atoms with Crippen molar-refractivity contribution in [1.29, 1.82) is 0 Å². The second kappa shape index (κ2) is 7.02. The van der Waals surface area contributed by atoms with E-state index in [2.05, 4.69) is 13.8 Å². The summed E-state index contributed by atoms with van der Waals surface area (Å²) >= 11 is 0. The van der Waals surface area contributed by atoms with E-state index in [9.17, 15) is 10.2 Å². The average molecular weight is 367 g/mol. The Labute approximate surface area is 158 Å². The van der Waals surface area contributed by atoms with Crippen LogP contribution in [0.2, 0.25) is 0 Å². The zero-order chi connectivity index (χ0) is 18.5. The maximum Gasteiger partial charge on any atom is 0.178 e. The van der Waals surface area contributed by atoms with Crippen LogP contribution in [0.5, 0.6) is 0 Å². The van der Waals surface area contributed by atoms with Gasteiger partial charge in [-0.1, -0.05) is 13.8 Å². The van der Waals surface area contributed by atoms with Gasteiger partial charge < -0.3 is 19.7 Å². The molecule has 0 aromatic rings. The lowest BCUT2D eigenvalue weighted by molar-refractivity contribution is -0.201. The van der Waals surface area contributed by atoms with E-state index >= 15 is 0 Å². The van der Waals surface area contributed by atoms with Crippen molar-refractivity contribution >= 4 is 0 Å². The molecule has 0 heterocycles. The van der Waals surface area contributed by atoms with E-state index in [0.717, 1.165) is 37.0 Å². The van der Waals surface area contributed by atoms with Crippen molar-refractivity contribution in [2.24, 2.45) is 34.5 Å². The van der Waals surface area contributed by atoms with Crippen molar-refractivity contribution in [2.75, 3.05) is 13.7 Å². The van der Waals surface area contributed by atoms with Gasteiger partial charge in [0.05, 0.1) is 18.8 Å². The fraction of sp³-hybridized carbons (Fsp3) is 1.00. The number of hydrogen-bond acceptors (Lipinski definition) is 4. The Balaban J connectivity index is 1.51. The molecule has 0 saturated heterocycles. The predicted molar refractivity (Wildman–Crippen MR) is 100 cm³/mol. The Morgan fingerprint density at radius 3 is 2.46 bits per heavy atom. The number of aliphatic hydroxyl groups excluding tert-OH is 2. The quantitative estimate of drug-likeness (QED) is 0.744. The number of ether oxygens (including phenoxy) is 2. The van der Waals surface area contributed by atoms with Crippen molar-refractivity contribution in [3.8, 4) is 0 Å². The molecule has 4 rings (SSSR count). The largest absolute Gasteiger partial charge is 0.393 e. The molecular weight excluding hydrogens is 328 g/mol. The molecule has 0 spiro atoms. The summed E-state index contributed by atoms with van der Waals surface area (Å²) in [5, 5.41) is 20.3. The topological polar surface area (TPSA) is 58.9 Å². The van der Waals surface area contributed by atoms with Crippen LogP contribution in [0.1, 0.15) is 71.6 Å². The lowest BCUT2D eigenvalue weighted by Gasteiger charge is -2.60. The first kappa shape index (κ1) is 19.2. The van der Waals surface area contributed by atoms with Gasteiger partial charge in [-0.3, -0.25) is 0 Å². The van der Waals surface area contributed by atoms with Crippen molar-refractivity contribution < 1.29 is 19.7 Å². The number of rotatable bonds is 4. The second-order valence-corrected chi connectivity index (χ2v) is 10.2. The third-order valence-corrected chi connectivity index (χ3v) is 9.18. The molecule has 4 fully saturated rings. The van der Waals surface area contributed by atoms with E-state index in [1.165, 1.54) is 38.5 Å². The van der Waals surface area contributed by atoms with Gasteiger partial charge in [0.1, 0.15) is 0 Å². The Hall–Kier alpha value is -0.160. The summed E-state index contributed by atoms with van der Waals surface area (Å²) in [4.78, 5) is 0. The highest BCUT2D eigenvalue weighted by molar-refractivity contribution is 5.09. The van der Waals surface area contributed by atoms with Gasteiger partial charge in [0.25, 0.3) is 0 Å². The Bertz CT molecular complexity index is 510. The van der Waals surface area contributed by atoms with Crippen LogP contribution in [0.4, 0.5) is 0 Å². The van der Waals surface area contributed by atoms with Gasteiger partial charge in [0.2, 0.25) is 0 Å². The second-order valence-electron chi connectivity index (χ2n) is 10.2. The van der Waals surface area contributed by atoms with Crippen molar-refractivity contribution in [1.82, 2.24) is 0 Å². The maximum absolute atomic E-state index is 10.2. The zero-order valence-corrected chi connectivity index (χ0v) is 16.8. The molecule has 150 valence electrons. The molecule has 26 heavy (non-hydrogen) atoms. The summed E-state index contributed by atoms with van der Waals surface area (Å²) in [6, 6.07) is 0. The molecule has 9 atom stereocenters. The van der Waals surface area contributed by atoms with Crippen LogP contribution in [0.25, 0.3) is 0 Å². The molecule has 0 bridgehead atoms. The number of fused-ring (bicyclic) bond motifs is 5. The van der Waals surface area contributed by atoms with Crippen LogP contribution < -0.4 is 0 Å². The minimum Gasteiger partial charge on any atom is -0.393 e. The number of aliphatic hydroxyl groups is 2. The van der Waals surface area contributed by atoms with Crippen LogP contribution in [-0.2, 0) is 9.47 Å². The molecule has 9 unspecified atom stereocenters. The van der Waals surface area contributed by atoms with E-state index in [1.54, 1.807) is 7.11 Å². The van der Waals surface area contributed by atoms with Gasteiger partial charge in [-0.2, -0.15) is 0 Å². The summed E-state index contributed by atoms with van der Waals surface area (Å²) in [7, 11) is 1.61. The summed E-state index contributed by atoms with van der Waals surface area (Å²) in [6.45, 7) is 5.21. The van der Waals surface area contributed by atoms with E-state index in [0.29, 0.717) is 11.3 Å². The first-order chi connectivity index (χ1) is 12.4. The number of methoxy groups -OCH3 is 1. The van der Waals surface area contributed by atoms with E-state index in [-0.39, 0.29) is 24.2 Å². The molecule has 0 aromatic heterocycles. The lowest BCUT2D eigenvalue weighted by atomic mass is 9.45. The molecule has 4 nitrogen and oxygen atoms in total. The predicted octanol–water partition coefficient (Wildman–Crippen LogP) is 3.74. The smallest absolute Gasteiger partial charge is 0.178 e. The minimum absolute atomic E-state index is 0.0648. The molecule has 0 amide bonds. The molecule has 4 saturated carbocycles. The summed E-state index contributed by atoms with van der Waals surface area (Å²) in [6.07, 6.45) is 9.96. The van der Waals surface area contributed by atoms with Gasteiger partial charge in [0.15, 0.2) is 6.29 Å². The van der Waals surface area contributed by atoms with Gasteiger partial charge >= 0.3 is 0 Å². The first-order valence-corrected chi connectivity index (χ1v) is 10.9. The summed E-state index contributed by atoms with van der Waals surface area (Å²) < 4.78 is 11.1. The van der Waals surface area contributed by atoms with Crippen LogP contribution in [0.15, 0.2) is 0 Å². The summed E-state index contributed by atoms with van der Waals surface area (Å²) in [5.41, 5.74) is 0.630. The molecule has 4 heteroatoms.